The van der Waals surface area contributed by atoms with E-state index in [-0.39, 0.29) is 0 Å². The molecular formula is C63H42N4OSi. The van der Waals surface area contributed by atoms with Crippen LogP contribution in [0.5, 0.6) is 0 Å². The van der Waals surface area contributed by atoms with Gasteiger partial charge in [-0.3, -0.25) is 0 Å². The number of para-hydroxylation sites is 3. The van der Waals surface area contributed by atoms with Gasteiger partial charge in [-0.1, -0.05) is 218 Å². The maximum absolute atomic E-state index is 6.26. The van der Waals surface area contributed by atoms with Crippen LogP contribution in [0, 0.1) is 0 Å². The Morgan fingerprint density at radius 2 is 0.754 bits per heavy atom. The normalized spacial score (nSPS) is 11.8. The molecule has 0 radical (unpaired) electrons. The highest BCUT2D eigenvalue weighted by Gasteiger charge is 2.41. The van der Waals surface area contributed by atoms with Crippen LogP contribution in [0.25, 0.3) is 94.7 Å². The molecule has 69 heavy (non-hydrogen) atoms. The average Bonchev–Trinajstić information content (AvgIpc) is 3.98. The van der Waals surface area contributed by atoms with Gasteiger partial charge in [0.15, 0.2) is 25.5 Å². The van der Waals surface area contributed by atoms with E-state index >= 15 is 0 Å². The lowest BCUT2D eigenvalue weighted by Crippen LogP contribution is -2.74. The summed E-state index contributed by atoms with van der Waals surface area (Å²) in [5, 5.41) is 9.88. The summed E-state index contributed by atoms with van der Waals surface area (Å²) in [4.78, 5) is 15.8. The zero-order valence-corrected chi connectivity index (χ0v) is 38.4. The zero-order chi connectivity index (χ0) is 45.7. The first-order valence-corrected chi connectivity index (χ1v) is 25.3. The van der Waals surface area contributed by atoms with E-state index < -0.39 is 8.07 Å². The van der Waals surface area contributed by atoms with Crippen LogP contribution in [0.2, 0.25) is 0 Å². The van der Waals surface area contributed by atoms with Crippen LogP contribution in [0.15, 0.2) is 259 Å². The molecule has 0 atom stereocenters. The van der Waals surface area contributed by atoms with E-state index in [1.54, 1.807) is 0 Å². The van der Waals surface area contributed by atoms with E-state index in [1.807, 2.05) is 18.2 Å². The molecule has 3 aromatic heterocycles. The largest absolute Gasteiger partial charge is 0.456 e. The van der Waals surface area contributed by atoms with Crippen LogP contribution in [-0.4, -0.2) is 27.6 Å². The van der Waals surface area contributed by atoms with Crippen molar-refractivity contribution in [2.45, 2.75) is 0 Å². The second kappa shape index (κ2) is 16.7. The lowest BCUT2D eigenvalue weighted by molar-refractivity contribution is 0.669. The van der Waals surface area contributed by atoms with Gasteiger partial charge in [0.05, 0.1) is 11.0 Å². The Balaban J connectivity index is 0.968. The molecule has 0 aliphatic carbocycles. The predicted molar refractivity (Wildman–Crippen MR) is 287 cm³/mol. The molecule has 10 aromatic carbocycles. The molecule has 0 aliphatic rings. The van der Waals surface area contributed by atoms with Gasteiger partial charge in [-0.2, -0.15) is 0 Å². The third-order valence-corrected chi connectivity index (χ3v) is 18.4. The van der Waals surface area contributed by atoms with Crippen LogP contribution in [-0.2, 0) is 0 Å². The molecule has 5 nitrogen and oxygen atoms in total. The third kappa shape index (κ3) is 6.80. The molecule has 0 saturated carbocycles. The Hall–Kier alpha value is -8.97. The summed E-state index contributed by atoms with van der Waals surface area (Å²) < 4.78 is 8.59. The first-order chi connectivity index (χ1) is 34.2. The second-order valence-corrected chi connectivity index (χ2v) is 21.3. The number of hydrogen-bond acceptors (Lipinski definition) is 4. The fraction of sp³-hybridized carbons (Fsp3) is 0. The summed E-state index contributed by atoms with van der Waals surface area (Å²) >= 11 is 0. The number of hydrogen-bond donors (Lipinski definition) is 0. The molecule has 13 aromatic rings. The first-order valence-electron chi connectivity index (χ1n) is 23.3. The molecule has 0 spiro atoms. The molecule has 6 heteroatoms. The Kier molecular flexibility index (Phi) is 9.77. The summed E-state index contributed by atoms with van der Waals surface area (Å²) in [7, 11) is -2.75. The van der Waals surface area contributed by atoms with E-state index in [2.05, 4.69) is 241 Å². The highest BCUT2D eigenvalue weighted by Crippen LogP contribution is 2.38. The second-order valence-electron chi connectivity index (χ2n) is 17.5. The lowest BCUT2D eigenvalue weighted by Gasteiger charge is -2.34. The summed E-state index contributed by atoms with van der Waals surface area (Å²) in [6.07, 6.45) is 0. The van der Waals surface area contributed by atoms with Gasteiger partial charge in [0.1, 0.15) is 11.2 Å². The van der Waals surface area contributed by atoms with E-state index in [0.29, 0.717) is 17.5 Å². The monoisotopic (exact) mass is 898 g/mol. The molecule has 324 valence electrons. The van der Waals surface area contributed by atoms with E-state index in [0.717, 1.165) is 66.5 Å². The molecule has 0 amide bonds. The molecular weight excluding hydrogens is 857 g/mol. The Morgan fingerprint density at radius 3 is 1.33 bits per heavy atom. The molecule has 3 heterocycles. The van der Waals surface area contributed by atoms with Crippen molar-refractivity contribution in [1.29, 1.82) is 0 Å². The minimum absolute atomic E-state index is 0.599. The van der Waals surface area contributed by atoms with Gasteiger partial charge in [-0.25, -0.2) is 15.0 Å². The molecule has 0 saturated heterocycles. The van der Waals surface area contributed by atoms with Gasteiger partial charge in [0, 0.05) is 43.9 Å². The van der Waals surface area contributed by atoms with E-state index in [9.17, 15) is 0 Å². The Labute approximate surface area is 400 Å². The predicted octanol–water partition coefficient (Wildman–Crippen LogP) is 12.9. The van der Waals surface area contributed by atoms with Crippen LogP contribution in [0.1, 0.15) is 0 Å². The number of rotatable bonds is 9. The van der Waals surface area contributed by atoms with Crippen molar-refractivity contribution in [1.82, 2.24) is 19.5 Å². The van der Waals surface area contributed by atoms with Crippen LogP contribution < -0.4 is 20.7 Å². The fourth-order valence-corrected chi connectivity index (χ4v) is 15.2. The molecule has 0 unspecified atom stereocenters. The van der Waals surface area contributed by atoms with Crippen molar-refractivity contribution in [2.24, 2.45) is 0 Å². The van der Waals surface area contributed by atoms with Crippen molar-refractivity contribution >= 4 is 72.6 Å². The Bertz CT molecular complexity index is 3850. The fourth-order valence-electron chi connectivity index (χ4n) is 10.5. The van der Waals surface area contributed by atoms with Crippen LogP contribution in [0.4, 0.5) is 0 Å². The third-order valence-electron chi connectivity index (χ3n) is 13.6. The number of aromatic nitrogens is 4. The van der Waals surface area contributed by atoms with Crippen molar-refractivity contribution in [3.05, 3.63) is 255 Å². The molecule has 0 aliphatic heterocycles. The molecule has 0 bridgehead atoms. The Morgan fingerprint density at radius 1 is 0.319 bits per heavy atom. The summed E-state index contributed by atoms with van der Waals surface area (Å²) in [5.41, 5.74) is 9.98. The van der Waals surface area contributed by atoms with E-state index in [1.165, 1.54) is 31.5 Å². The first kappa shape index (κ1) is 40.3. The number of furan rings is 1. The van der Waals surface area contributed by atoms with Gasteiger partial charge in [0.2, 0.25) is 0 Å². The number of nitrogens with zero attached hydrogens (tertiary/aromatic N) is 4. The summed E-state index contributed by atoms with van der Waals surface area (Å²) in [6, 6.07) is 90.8. The quantitative estimate of drug-likeness (QED) is 0.107. The standard InChI is InChI=1S/C63H42N4OSi/c1-4-20-48(21-5-1)69(49-22-6-2-7-23-49,50-24-8-3-9-25-50)51-40-38-45(39-41-51)62-64-61(44-36-34-43(35-37-44)52-29-17-33-59-60(52)55-28-12-15-32-58(55)68-59)65-63(66-62)46-18-16-19-47(42-46)67-56-30-13-10-26-53(56)54-27-11-14-31-57(54)67/h1-42H. The highest BCUT2D eigenvalue weighted by atomic mass is 28.3. The van der Waals surface area contributed by atoms with Crippen LogP contribution >= 0.6 is 0 Å². The lowest BCUT2D eigenvalue weighted by atomic mass is 9.98. The van der Waals surface area contributed by atoms with Gasteiger partial charge in [-0.05, 0) is 68.3 Å². The molecule has 13 rings (SSSR count). The molecule has 0 N–H and O–H groups in total. The van der Waals surface area contributed by atoms with Crippen molar-refractivity contribution in [2.75, 3.05) is 0 Å². The maximum Gasteiger partial charge on any atom is 0.179 e. The SMILES string of the molecule is c1ccc([Si](c2ccccc2)(c2ccccc2)c2ccc(-c3nc(-c4ccc(-c5cccc6oc7ccccc7c56)cc4)nc(-c4cccc(-n5c6ccccc6c6ccccc65)c4)n3)cc2)cc1. The zero-order valence-electron chi connectivity index (χ0n) is 37.4. The summed E-state index contributed by atoms with van der Waals surface area (Å²) in [6.45, 7) is 0. The maximum atomic E-state index is 6.26. The topological polar surface area (TPSA) is 56.7 Å². The van der Waals surface area contributed by atoms with Gasteiger partial charge in [-0.15, -0.1) is 0 Å². The number of fused-ring (bicyclic) bond motifs is 6. The molecule has 0 fully saturated rings. The minimum atomic E-state index is -2.75. The average molecular weight is 899 g/mol. The van der Waals surface area contributed by atoms with Gasteiger partial charge in [0.25, 0.3) is 0 Å². The van der Waals surface area contributed by atoms with Gasteiger partial charge >= 0.3 is 0 Å². The van der Waals surface area contributed by atoms with Crippen molar-refractivity contribution in [3.8, 4) is 51.0 Å². The van der Waals surface area contributed by atoms with Gasteiger partial charge < -0.3 is 8.98 Å². The summed E-state index contributed by atoms with van der Waals surface area (Å²) in [5.74, 6) is 1.80. The number of benzene rings is 10. The van der Waals surface area contributed by atoms with Crippen molar-refractivity contribution in [3.63, 3.8) is 0 Å². The minimum Gasteiger partial charge on any atom is -0.456 e. The van der Waals surface area contributed by atoms with Crippen molar-refractivity contribution < 1.29 is 4.42 Å². The smallest absolute Gasteiger partial charge is 0.179 e. The van der Waals surface area contributed by atoms with E-state index in [4.69, 9.17) is 19.4 Å². The van der Waals surface area contributed by atoms with Crippen LogP contribution in [0.3, 0.4) is 0 Å². The highest BCUT2D eigenvalue weighted by molar-refractivity contribution is 7.19.